The topological polar surface area (TPSA) is 76.1 Å². The molecule has 7 heteroatoms. The van der Waals surface area contributed by atoms with E-state index in [1.165, 1.54) is 11.3 Å². The molecule has 1 N–H and O–H groups in total. The summed E-state index contributed by atoms with van der Waals surface area (Å²) in [5.41, 5.74) is -0.560. The number of hydrogen-bond acceptors (Lipinski definition) is 5. The average molecular weight is 285 g/mol. The number of methoxy groups -OCH3 is 1. The van der Waals surface area contributed by atoms with E-state index in [2.05, 4.69) is 0 Å². The number of ether oxygens (including phenoxy) is 2. The maximum Gasteiger partial charge on any atom is 0.329 e. The first kappa shape index (κ1) is 13.8. The molecule has 1 saturated heterocycles. The smallest absolute Gasteiger partial charge is 0.329 e. The van der Waals surface area contributed by atoms with E-state index in [-0.39, 0.29) is 12.5 Å². The van der Waals surface area contributed by atoms with E-state index in [0.29, 0.717) is 23.7 Å². The molecule has 0 aromatic carbocycles. The second kappa shape index (κ2) is 5.18. The van der Waals surface area contributed by atoms with E-state index in [0.717, 1.165) is 0 Å². The Hall–Kier alpha value is -1.60. The third kappa shape index (κ3) is 3.05. The molecule has 2 heterocycles. The molecule has 0 atom stereocenters. The van der Waals surface area contributed by atoms with Crippen LogP contribution in [0.5, 0.6) is 5.75 Å². The number of carbonyl (C=O) groups excluding carboxylic acids is 1. The predicted molar refractivity (Wildman–Crippen MR) is 68.8 cm³/mol. The van der Waals surface area contributed by atoms with Crippen molar-refractivity contribution >= 4 is 23.2 Å². The Morgan fingerprint density at radius 3 is 2.74 bits per heavy atom. The molecule has 0 saturated carbocycles. The molecule has 1 amide bonds. The SMILES string of the molecule is COc1csc(C(=O)N2CC(C)(OCC(=O)O)C2)c1. The van der Waals surface area contributed by atoms with Crippen LogP contribution >= 0.6 is 11.3 Å². The first-order chi connectivity index (χ1) is 8.93. The van der Waals surface area contributed by atoms with Crippen LogP contribution in [0.2, 0.25) is 0 Å². The maximum absolute atomic E-state index is 12.1. The Balaban J connectivity index is 1.89. The number of amides is 1. The van der Waals surface area contributed by atoms with Gasteiger partial charge in [0.25, 0.3) is 5.91 Å². The number of nitrogens with zero attached hydrogens (tertiary/aromatic N) is 1. The van der Waals surface area contributed by atoms with Gasteiger partial charge in [-0.05, 0) is 6.92 Å². The Labute approximate surface area is 114 Å². The number of likely N-dealkylation sites (tertiary alicyclic amines) is 1. The van der Waals surface area contributed by atoms with Crippen LogP contribution < -0.4 is 4.74 Å². The number of carbonyl (C=O) groups is 2. The van der Waals surface area contributed by atoms with Gasteiger partial charge in [0.1, 0.15) is 18.0 Å². The zero-order chi connectivity index (χ0) is 14.0. The standard InChI is InChI=1S/C12H15NO5S/c1-12(18-4-10(14)15)6-13(7-12)11(16)9-3-8(17-2)5-19-9/h3,5H,4,6-7H2,1-2H3,(H,14,15). The van der Waals surface area contributed by atoms with E-state index in [1.807, 2.05) is 0 Å². The molecule has 1 aliphatic rings. The molecule has 1 aromatic rings. The van der Waals surface area contributed by atoms with Gasteiger partial charge in [-0.1, -0.05) is 0 Å². The molecule has 104 valence electrons. The molecule has 0 bridgehead atoms. The monoisotopic (exact) mass is 285 g/mol. The fourth-order valence-corrected chi connectivity index (χ4v) is 2.75. The van der Waals surface area contributed by atoms with Crippen molar-refractivity contribution < 1.29 is 24.2 Å². The van der Waals surface area contributed by atoms with E-state index in [9.17, 15) is 9.59 Å². The molecule has 0 radical (unpaired) electrons. The summed E-state index contributed by atoms with van der Waals surface area (Å²) in [6.45, 7) is 2.26. The summed E-state index contributed by atoms with van der Waals surface area (Å²) < 4.78 is 10.3. The lowest BCUT2D eigenvalue weighted by Crippen LogP contribution is -2.63. The van der Waals surface area contributed by atoms with Gasteiger partial charge in [0, 0.05) is 11.4 Å². The summed E-state index contributed by atoms with van der Waals surface area (Å²) in [7, 11) is 1.55. The molecule has 1 aromatic heterocycles. The summed E-state index contributed by atoms with van der Waals surface area (Å²) in [4.78, 5) is 24.8. The van der Waals surface area contributed by atoms with Crippen molar-refractivity contribution in [2.45, 2.75) is 12.5 Å². The minimum Gasteiger partial charge on any atom is -0.496 e. The summed E-state index contributed by atoms with van der Waals surface area (Å²) in [6, 6.07) is 1.70. The summed E-state index contributed by atoms with van der Waals surface area (Å²) in [5.74, 6) is -0.419. The van der Waals surface area contributed by atoms with Crippen LogP contribution in [-0.2, 0) is 9.53 Å². The summed E-state index contributed by atoms with van der Waals surface area (Å²) in [5, 5.41) is 10.3. The van der Waals surface area contributed by atoms with Crippen LogP contribution in [0.1, 0.15) is 16.6 Å². The van der Waals surface area contributed by atoms with Crippen LogP contribution in [0.3, 0.4) is 0 Å². The normalized spacial score (nSPS) is 16.8. The van der Waals surface area contributed by atoms with Crippen molar-refractivity contribution in [2.75, 3.05) is 26.8 Å². The number of aliphatic carboxylic acids is 1. The third-order valence-electron chi connectivity index (χ3n) is 2.90. The van der Waals surface area contributed by atoms with Crippen LogP contribution in [0.25, 0.3) is 0 Å². The molecular weight excluding hydrogens is 270 g/mol. The van der Waals surface area contributed by atoms with Gasteiger partial charge in [0.05, 0.1) is 25.1 Å². The predicted octanol–water partition coefficient (Wildman–Crippen LogP) is 1.07. The molecular formula is C12H15NO5S. The van der Waals surface area contributed by atoms with Crippen molar-refractivity contribution in [3.05, 3.63) is 16.3 Å². The lowest BCUT2D eigenvalue weighted by molar-refractivity contribution is -0.159. The highest BCUT2D eigenvalue weighted by Gasteiger charge is 2.43. The number of hydrogen-bond donors (Lipinski definition) is 1. The largest absolute Gasteiger partial charge is 0.496 e. The third-order valence-corrected chi connectivity index (χ3v) is 3.80. The van der Waals surface area contributed by atoms with E-state index >= 15 is 0 Å². The minimum atomic E-state index is -1.01. The summed E-state index contributed by atoms with van der Waals surface area (Å²) in [6.07, 6.45) is 0. The van der Waals surface area contributed by atoms with Crippen LogP contribution in [0.15, 0.2) is 11.4 Å². The molecule has 1 aliphatic heterocycles. The van der Waals surface area contributed by atoms with E-state index in [4.69, 9.17) is 14.6 Å². The van der Waals surface area contributed by atoms with Gasteiger partial charge in [-0.15, -0.1) is 11.3 Å². The fraction of sp³-hybridized carbons (Fsp3) is 0.500. The van der Waals surface area contributed by atoms with Crippen LogP contribution in [-0.4, -0.2) is 54.3 Å². The zero-order valence-electron chi connectivity index (χ0n) is 10.7. The van der Waals surface area contributed by atoms with Gasteiger partial charge in [-0.2, -0.15) is 0 Å². The molecule has 0 aliphatic carbocycles. The highest BCUT2D eigenvalue weighted by Crippen LogP contribution is 2.29. The van der Waals surface area contributed by atoms with Crippen LogP contribution in [0, 0.1) is 0 Å². The second-order valence-corrected chi connectivity index (χ2v) is 5.56. The zero-order valence-corrected chi connectivity index (χ0v) is 11.5. The number of rotatable bonds is 5. The molecule has 2 rings (SSSR count). The van der Waals surface area contributed by atoms with Crippen molar-refractivity contribution in [1.82, 2.24) is 4.90 Å². The van der Waals surface area contributed by atoms with Gasteiger partial charge in [-0.25, -0.2) is 4.79 Å². The first-order valence-corrected chi connectivity index (χ1v) is 6.59. The van der Waals surface area contributed by atoms with Crippen LogP contribution in [0.4, 0.5) is 0 Å². The molecule has 1 fully saturated rings. The maximum atomic E-state index is 12.1. The highest BCUT2D eigenvalue weighted by atomic mass is 32.1. The molecule has 0 spiro atoms. The summed E-state index contributed by atoms with van der Waals surface area (Å²) >= 11 is 1.33. The number of carboxylic acids is 1. The van der Waals surface area contributed by atoms with Crippen molar-refractivity contribution in [3.8, 4) is 5.75 Å². The Bertz CT molecular complexity index is 492. The Kier molecular flexibility index (Phi) is 3.77. The van der Waals surface area contributed by atoms with Gasteiger partial charge < -0.3 is 19.5 Å². The Morgan fingerprint density at radius 1 is 1.53 bits per heavy atom. The lowest BCUT2D eigenvalue weighted by Gasteiger charge is -2.47. The molecule has 19 heavy (non-hydrogen) atoms. The fourth-order valence-electron chi connectivity index (χ4n) is 1.93. The number of carboxylic acid groups (broad SMARTS) is 1. The average Bonchev–Trinajstić information content (AvgIpc) is 2.80. The Morgan fingerprint density at radius 2 is 2.21 bits per heavy atom. The number of thiophene rings is 1. The highest BCUT2D eigenvalue weighted by molar-refractivity contribution is 7.12. The van der Waals surface area contributed by atoms with Crippen molar-refractivity contribution in [2.24, 2.45) is 0 Å². The van der Waals surface area contributed by atoms with E-state index in [1.54, 1.807) is 30.4 Å². The van der Waals surface area contributed by atoms with Gasteiger partial charge in [-0.3, -0.25) is 4.79 Å². The van der Waals surface area contributed by atoms with Gasteiger partial charge >= 0.3 is 5.97 Å². The van der Waals surface area contributed by atoms with Gasteiger partial charge in [0.2, 0.25) is 0 Å². The molecule has 0 unspecified atom stereocenters. The quantitative estimate of drug-likeness (QED) is 0.876. The second-order valence-electron chi connectivity index (χ2n) is 4.64. The van der Waals surface area contributed by atoms with Gasteiger partial charge in [0.15, 0.2) is 0 Å². The van der Waals surface area contributed by atoms with Crippen molar-refractivity contribution in [3.63, 3.8) is 0 Å². The lowest BCUT2D eigenvalue weighted by atomic mass is 9.96. The minimum absolute atomic E-state index is 0.0790. The van der Waals surface area contributed by atoms with Crippen molar-refractivity contribution in [1.29, 1.82) is 0 Å². The van der Waals surface area contributed by atoms with E-state index < -0.39 is 11.6 Å². The first-order valence-electron chi connectivity index (χ1n) is 5.71. The molecule has 6 nitrogen and oxygen atoms in total.